The van der Waals surface area contributed by atoms with Crippen molar-refractivity contribution >= 4 is 27.5 Å². The van der Waals surface area contributed by atoms with Crippen LogP contribution in [0, 0.1) is 26.6 Å². The molecule has 1 unspecified atom stereocenters. The highest BCUT2D eigenvalue weighted by molar-refractivity contribution is 7.92. The van der Waals surface area contributed by atoms with Crippen LogP contribution in [0.25, 0.3) is 0 Å². The number of sulfonamides is 1. The molecule has 214 valence electrons. The van der Waals surface area contributed by atoms with Crippen LogP contribution < -0.4 is 9.62 Å². The summed E-state index contributed by atoms with van der Waals surface area (Å²) in [5.74, 6) is -1.28. The van der Waals surface area contributed by atoms with Gasteiger partial charge in [-0.3, -0.25) is 13.9 Å². The maximum atomic E-state index is 14.0. The highest BCUT2D eigenvalue weighted by Crippen LogP contribution is 2.27. The zero-order valence-corrected chi connectivity index (χ0v) is 24.6. The van der Waals surface area contributed by atoms with Gasteiger partial charge in [0.2, 0.25) is 11.8 Å². The van der Waals surface area contributed by atoms with Crippen LogP contribution in [-0.4, -0.2) is 44.3 Å². The van der Waals surface area contributed by atoms with E-state index in [0.29, 0.717) is 24.2 Å². The second kappa shape index (κ2) is 13.6. The Labute approximate surface area is 237 Å². The quantitative estimate of drug-likeness (QED) is 0.323. The predicted octanol–water partition coefficient (Wildman–Crippen LogP) is 5.28. The summed E-state index contributed by atoms with van der Waals surface area (Å²) in [5, 5.41) is 2.85. The number of nitrogens with zero attached hydrogens (tertiary/aromatic N) is 2. The molecule has 7 nitrogen and oxygen atoms in total. The van der Waals surface area contributed by atoms with Crippen molar-refractivity contribution in [3.63, 3.8) is 0 Å². The SMILES string of the molecule is CCCNC(=O)C(CC)N(Cc1ccc(F)cc1)C(=O)CN(c1ccc(C)c(C)c1)S(=O)(=O)c1ccc(C)cc1. The molecule has 1 N–H and O–H groups in total. The van der Waals surface area contributed by atoms with Crippen molar-refractivity contribution in [3.8, 4) is 0 Å². The topological polar surface area (TPSA) is 86.8 Å². The van der Waals surface area contributed by atoms with Gasteiger partial charge in [-0.05, 0) is 86.7 Å². The van der Waals surface area contributed by atoms with Crippen LogP contribution in [0.15, 0.2) is 71.6 Å². The molecular weight excluding hydrogens is 529 g/mol. The molecule has 0 saturated heterocycles. The molecule has 0 bridgehead atoms. The molecule has 0 aliphatic carbocycles. The second-order valence-electron chi connectivity index (χ2n) is 9.96. The van der Waals surface area contributed by atoms with Crippen molar-refractivity contribution in [1.82, 2.24) is 10.2 Å². The van der Waals surface area contributed by atoms with Crippen LogP contribution in [0.3, 0.4) is 0 Å². The van der Waals surface area contributed by atoms with Gasteiger partial charge in [0.25, 0.3) is 10.0 Å². The number of carbonyl (C=O) groups excluding carboxylic acids is 2. The largest absolute Gasteiger partial charge is 0.354 e. The fraction of sp³-hybridized carbons (Fsp3) is 0.355. The van der Waals surface area contributed by atoms with E-state index < -0.39 is 34.3 Å². The van der Waals surface area contributed by atoms with Gasteiger partial charge in [-0.25, -0.2) is 12.8 Å². The van der Waals surface area contributed by atoms with Gasteiger partial charge < -0.3 is 10.2 Å². The maximum absolute atomic E-state index is 14.0. The molecule has 1 atom stereocenters. The van der Waals surface area contributed by atoms with Crippen LogP contribution in [0.1, 0.15) is 48.9 Å². The van der Waals surface area contributed by atoms with Crippen LogP contribution >= 0.6 is 0 Å². The van der Waals surface area contributed by atoms with Gasteiger partial charge in [-0.1, -0.05) is 49.7 Å². The molecule has 40 heavy (non-hydrogen) atoms. The van der Waals surface area contributed by atoms with Crippen molar-refractivity contribution in [3.05, 3.63) is 94.8 Å². The smallest absolute Gasteiger partial charge is 0.264 e. The molecule has 0 aromatic heterocycles. The molecule has 0 aliphatic heterocycles. The first-order valence-electron chi connectivity index (χ1n) is 13.5. The van der Waals surface area contributed by atoms with E-state index in [1.807, 2.05) is 33.8 Å². The van der Waals surface area contributed by atoms with Gasteiger partial charge in [0.15, 0.2) is 0 Å². The van der Waals surface area contributed by atoms with E-state index in [2.05, 4.69) is 5.32 Å². The standard InChI is InChI=1S/C31H38FN3O4S/c1-6-18-33-31(37)29(7-2)34(20-25-11-13-26(32)14-12-25)30(36)21-35(27-15-10-23(4)24(5)19-27)40(38,39)28-16-8-22(3)9-17-28/h8-17,19,29H,6-7,18,20-21H2,1-5H3,(H,33,37). The van der Waals surface area contributed by atoms with E-state index in [0.717, 1.165) is 27.4 Å². The van der Waals surface area contributed by atoms with Crippen molar-refractivity contribution in [2.24, 2.45) is 0 Å². The van der Waals surface area contributed by atoms with Gasteiger partial charge in [0.05, 0.1) is 10.6 Å². The van der Waals surface area contributed by atoms with E-state index in [9.17, 15) is 22.4 Å². The molecule has 3 aromatic rings. The van der Waals surface area contributed by atoms with E-state index in [1.165, 1.54) is 29.2 Å². The van der Waals surface area contributed by atoms with Crippen LogP contribution in [0.2, 0.25) is 0 Å². The molecule has 2 amide bonds. The van der Waals surface area contributed by atoms with Crippen molar-refractivity contribution in [2.45, 2.75) is 64.9 Å². The first-order chi connectivity index (χ1) is 19.0. The molecule has 0 fully saturated rings. The molecule has 0 spiro atoms. The number of hydrogen-bond donors (Lipinski definition) is 1. The molecule has 0 aliphatic rings. The van der Waals surface area contributed by atoms with E-state index >= 15 is 0 Å². The lowest BCUT2D eigenvalue weighted by molar-refractivity contribution is -0.140. The lowest BCUT2D eigenvalue weighted by Crippen LogP contribution is -2.52. The Morgan fingerprint density at radius 2 is 1.55 bits per heavy atom. The number of anilines is 1. The minimum Gasteiger partial charge on any atom is -0.354 e. The summed E-state index contributed by atoms with van der Waals surface area (Å²) in [6.45, 7) is 9.34. The van der Waals surface area contributed by atoms with Gasteiger partial charge in [-0.15, -0.1) is 0 Å². The van der Waals surface area contributed by atoms with Gasteiger partial charge in [-0.2, -0.15) is 0 Å². The average molecular weight is 568 g/mol. The molecule has 9 heteroatoms. The fourth-order valence-electron chi connectivity index (χ4n) is 4.32. The van der Waals surface area contributed by atoms with Crippen LogP contribution in [0.5, 0.6) is 0 Å². The van der Waals surface area contributed by atoms with E-state index in [4.69, 9.17) is 0 Å². The summed E-state index contributed by atoms with van der Waals surface area (Å²) in [6, 6.07) is 16.5. The number of halogens is 1. The number of hydrogen-bond acceptors (Lipinski definition) is 4. The minimum absolute atomic E-state index is 0.0164. The summed E-state index contributed by atoms with van der Waals surface area (Å²) in [7, 11) is -4.14. The molecule has 3 aromatic carbocycles. The molecule has 3 rings (SSSR count). The first kappa shape index (κ1) is 30.8. The Kier molecular flexibility index (Phi) is 10.5. The second-order valence-corrected chi connectivity index (χ2v) is 11.8. The number of carbonyl (C=O) groups is 2. The van der Waals surface area contributed by atoms with Crippen molar-refractivity contribution < 1.29 is 22.4 Å². The fourth-order valence-corrected chi connectivity index (χ4v) is 5.72. The van der Waals surface area contributed by atoms with Gasteiger partial charge in [0, 0.05) is 13.1 Å². The molecular formula is C31H38FN3O4S. The average Bonchev–Trinajstić information content (AvgIpc) is 2.93. The summed E-state index contributed by atoms with van der Waals surface area (Å²) >= 11 is 0. The lowest BCUT2D eigenvalue weighted by atomic mass is 10.1. The third kappa shape index (κ3) is 7.47. The summed E-state index contributed by atoms with van der Waals surface area (Å²) in [4.78, 5) is 28.6. The predicted molar refractivity (Wildman–Crippen MR) is 156 cm³/mol. The summed E-state index contributed by atoms with van der Waals surface area (Å²) in [5.41, 5.74) is 3.74. The molecule has 0 saturated carbocycles. The minimum atomic E-state index is -4.14. The highest BCUT2D eigenvalue weighted by atomic mass is 32.2. The Morgan fingerprint density at radius 3 is 2.12 bits per heavy atom. The monoisotopic (exact) mass is 567 g/mol. The first-order valence-corrected chi connectivity index (χ1v) is 14.9. The van der Waals surface area contributed by atoms with Crippen LogP contribution in [0.4, 0.5) is 10.1 Å². The lowest BCUT2D eigenvalue weighted by Gasteiger charge is -2.33. The Bertz CT molecular complexity index is 1420. The number of nitrogens with one attached hydrogen (secondary N) is 1. The van der Waals surface area contributed by atoms with E-state index in [-0.39, 0.29) is 17.3 Å². The van der Waals surface area contributed by atoms with Crippen LogP contribution in [-0.2, 0) is 26.2 Å². The third-order valence-corrected chi connectivity index (χ3v) is 8.66. The number of rotatable bonds is 12. The van der Waals surface area contributed by atoms with E-state index in [1.54, 1.807) is 43.3 Å². The Balaban J connectivity index is 2.07. The normalized spacial score (nSPS) is 12.1. The van der Waals surface area contributed by atoms with Gasteiger partial charge in [0.1, 0.15) is 18.4 Å². The zero-order chi connectivity index (χ0) is 29.4. The number of benzene rings is 3. The number of amides is 2. The van der Waals surface area contributed by atoms with Crippen molar-refractivity contribution in [2.75, 3.05) is 17.4 Å². The Hall–Kier alpha value is -3.72. The molecule has 0 radical (unpaired) electrons. The zero-order valence-electron chi connectivity index (χ0n) is 23.8. The highest BCUT2D eigenvalue weighted by Gasteiger charge is 2.33. The number of aryl methyl sites for hydroxylation is 3. The maximum Gasteiger partial charge on any atom is 0.264 e. The third-order valence-electron chi connectivity index (χ3n) is 6.87. The summed E-state index contributed by atoms with van der Waals surface area (Å²) in [6.07, 6.45) is 1.04. The van der Waals surface area contributed by atoms with Crippen molar-refractivity contribution in [1.29, 1.82) is 0 Å². The Morgan fingerprint density at radius 1 is 0.900 bits per heavy atom. The van der Waals surface area contributed by atoms with Gasteiger partial charge >= 0.3 is 0 Å². The summed E-state index contributed by atoms with van der Waals surface area (Å²) < 4.78 is 42.6. The molecule has 0 heterocycles.